The van der Waals surface area contributed by atoms with Crippen LogP contribution in [0, 0.1) is 0 Å². The standard InChI is InChI=1S/C37H24N6O6S2/c44-50(45,27-9-5-7-25(21-27)48-35-11-1-3-17-38-35)29-13-15-31-32-16-14-30(24-34(32)43(33(31)23-29)37-40-19-20-41-42-37)51(46,47)28-10-6-8-26(22-28)49-36-12-2-4-18-39-36/h1-24H. The largest absolute Gasteiger partial charge is 0.439 e. The van der Waals surface area contributed by atoms with Crippen LogP contribution in [0.5, 0.6) is 23.3 Å². The van der Waals surface area contributed by atoms with Crippen molar-refractivity contribution in [3.05, 3.63) is 146 Å². The number of hydrogen-bond acceptors (Lipinski definition) is 11. The van der Waals surface area contributed by atoms with Gasteiger partial charge in [-0.2, -0.15) is 5.10 Å². The third-order valence-corrected chi connectivity index (χ3v) is 11.5. The SMILES string of the molecule is O=S(=O)(c1cccc(Oc2ccccn2)c1)c1ccc2c3ccc(S(=O)(=O)c4cccc(Oc5ccccn5)c4)cc3n(-c3nccnn3)c2c1. The maximum absolute atomic E-state index is 14.0. The first-order valence-corrected chi connectivity index (χ1v) is 18.3. The van der Waals surface area contributed by atoms with Gasteiger partial charge in [0.15, 0.2) is 0 Å². The Morgan fingerprint density at radius 1 is 0.471 bits per heavy atom. The molecule has 0 radical (unpaired) electrons. The number of fused-ring (bicyclic) bond motifs is 3. The Hall–Kier alpha value is -6.51. The summed E-state index contributed by atoms with van der Waals surface area (Å²) < 4.78 is 69.2. The van der Waals surface area contributed by atoms with Crippen LogP contribution in [0.15, 0.2) is 166 Å². The molecule has 8 aromatic rings. The normalized spacial score (nSPS) is 11.8. The minimum atomic E-state index is -4.06. The van der Waals surface area contributed by atoms with Crippen molar-refractivity contribution in [2.75, 3.05) is 0 Å². The highest BCUT2D eigenvalue weighted by Crippen LogP contribution is 2.37. The number of rotatable bonds is 9. The predicted octanol–water partition coefficient (Wildman–Crippen LogP) is 7.01. The number of hydrogen-bond donors (Lipinski definition) is 0. The smallest absolute Gasteiger partial charge is 0.254 e. The second kappa shape index (κ2) is 12.7. The highest BCUT2D eigenvalue weighted by Gasteiger charge is 2.25. The van der Waals surface area contributed by atoms with E-state index >= 15 is 0 Å². The number of aromatic nitrogens is 6. The molecule has 14 heteroatoms. The van der Waals surface area contributed by atoms with Gasteiger partial charge in [0.05, 0.1) is 43.0 Å². The Morgan fingerprint density at radius 3 is 1.43 bits per heavy atom. The van der Waals surface area contributed by atoms with E-state index in [2.05, 4.69) is 25.1 Å². The van der Waals surface area contributed by atoms with E-state index in [1.807, 2.05) is 0 Å². The molecule has 0 aliphatic heterocycles. The summed E-state index contributed by atoms with van der Waals surface area (Å²) >= 11 is 0. The molecular weight excluding hydrogens is 689 g/mol. The van der Waals surface area contributed by atoms with E-state index in [0.29, 0.717) is 45.1 Å². The quantitative estimate of drug-likeness (QED) is 0.152. The van der Waals surface area contributed by atoms with Gasteiger partial charge in [-0.3, -0.25) is 4.57 Å². The summed E-state index contributed by atoms with van der Waals surface area (Å²) in [6.07, 6.45) is 6.00. The number of sulfone groups is 2. The van der Waals surface area contributed by atoms with Gasteiger partial charge in [-0.25, -0.2) is 31.8 Å². The minimum Gasteiger partial charge on any atom is -0.439 e. The molecule has 0 spiro atoms. The zero-order valence-corrected chi connectivity index (χ0v) is 27.9. The molecule has 0 atom stereocenters. The van der Waals surface area contributed by atoms with Crippen LogP contribution in [0.1, 0.15) is 0 Å². The van der Waals surface area contributed by atoms with Crippen molar-refractivity contribution in [3.63, 3.8) is 0 Å². The maximum Gasteiger partial charge on any atom is 0.254 e. The van der Waals surface area contributed by atoms with E-state index < -0.39 is 19.7 Å². The first kappa shape index (κ1) is 31.7. The van der Waals surface area contributed by atoms with Crippen molar-refractivity contribution in [1.82, 2.24) is 29.7 Å². The second-order valence-corrected chi connectivity index (χ2v) is 15.0. The monoisotopic (exact) mass is 712 g/mol. The summed E-state index contributed by atoms with van der Waals surface area (Å²) in [5.74, 6) is 1.37. The number of pyridine rings is 2. The lowest BCUT2D eigenvalue weighted by Crippen LogP contribution is -2.05. The van der Waals surface area contributed by atoms with Gasteiger partial charge in [-0.15, -0.1) is 5.10 Å². The molecule has 0 bridgehead atoms. The molecule has 0 unspecified atom stereocenters. The van der Waals surface area contributed by atoms with Crippen LogP contribution in [0.3, 0.4) is 0 Å². The second-order valence-electron chi connectivity index (χ2n) is 11.1. The maximum atomic E-state index is 14.0. The van der Waals surface area contributed by atoms with Crippen molar-refractivity contribution < 1.29 is 26.3 Å². The fourth-order valence-corrected chi connectivity index (χ4v) is 8.24. The molecule has 4 aromatic carbocycles. The molecule has 12 nitrogen and oxygen atoms in total. The Bertz CT molecular complexity index is 2610. The number of ether oxygens (including phenoxy) is 2. The van der Waals surface area contributed by atoms with Crippen molar-refractivity contribution >= 4 is 41.5 Å². The van der Waals surface area contributed by atoms with E-state index in [4.69, 9.17) is 9.47 Å². The molecule has 0 saturated heterocycles. The molecule has 250 valence electrons. The van der Waals surface area contributed by atoms with Crippen molar-refractivity contribution in [2.45, 2.75) is 19.6 Å². The molecule has 8 rings (SSSR count). The zero-order valence-electron chi connectivity index (χ0n) is 26.3. The van der Waals surface area contributed by atoms with Gasteiger partial charge in [0.2, 0.25) is 31.4 Å². The summed E-state index contributed by atoms with van der Waals surface area (Å²) in [6, 6.07) is 32.1. The molecule has 0 N–H and O–H groups in total. The number of benzene rings is 4. The van der Waals surface area contributed by atoms with Crippen LogP contribution in [-0.4, -0.2) is 46.6 Å². The van der Waals surface area contributed by atoms with Gasteiger partial charge in [-0.1, -0.05) is 36.4 Å². The summed E-state index contributed by atoms with van der Waals surface area (Å²) in [7, 11) is -8.12. The topological polar surface area (TPSA) is 156 Å². The lowest BCUT2D eigenvalue weighted by Gasteiger charge is -2.10. The van der Waals surface area contributed by atoms with E-state index in [0.717, 1.165) is 0 Å². The highest BCUT2D eigenvalue weighted by atomic mass is 32.2. The molecule has 0 amide bonds. The Kier molecular flexibility index (Phi) is 7.93. The first-order chi connectivity index (χ1) is 24.8. The zero-order chi connectivity index (χ0) is 35.0. The fraction of sp³-hybridized carbons (Fsp3) is 0. The van der Waals surface area contributed by atoms with E-state index in [-0.39, 0.29) is 25.5 Å². The highest BCUT2D eigenvalue weighted by molar-refractivity contribution is 7.91. The molecule has 4 aromatic heterocycles. The van der Waals surface area contributed by atoms with Crippen LogP contribution in [-0.2, 0) is 19.7 Å². The molecule has 0 fully saturated rings. The third-order valence-electron chi connectivity index (χ3n) is 7.95. The fourth-order valence-electron chi connectivity index (χ4n) is 5.61. The Morgan fingerprint density at radius 2 is 0.980 bits per heavy atom. The van der Waals surface area contributed by atoms with Gasteiger partial charge < -0.3 is 9.47 Å². The Balaban J connectivity index is 1.23. The summed E-state index contributed by atoms with van der Waals surface area (Å²) in [6.45, 7) is 0. The van der Waals surface area contributed by atoms with Gasteiger partial charge in [0, 0.05) is 35.3 Å². The average molecular weight is 713 g/mol. The first-order valence-electron chi connectivity index (χ1n) is 15.4. The van der Waals surface area contributed by atoms with Gasteiger partial charge in [0.1, 0.15) is 11.5 Å². The molecular formula is C37H24N6O6S2. The van der Waals surface area contributed by atoms with Crippen LogP contribution in [0.2, 0.25) is 0 Å². The van der Waals surface area contributed by atoms with Crippen molar-refractivity contribution in [2.24, 2.45) is 0 Å². The predicted molar refractivity (Wildman–Crippen MR) is 187 cm³/mol. The van der Waals surface area contributed by atoms with E-state index in [1.165, 1.54) is 60.9 Å². The molecule has 0 aliphatic carbocycles. The summed E-state index contributed by atoms with van der Waals surface area (Å²) in [4.78, 5) is 12.7. The average Bonchev–Trinajstić information content (AvgIpc) is 3.49. The molecule has 4 heterocycles. The minimum absolute atomic E-state index is 0.00417. The van der Waals surface area contributed by atoms with E-state index in [1.54, 1.807) is 89.8 Å². The third kappa shape index (κ3) is 6.02. The number of nitrogens with zero attached hydrogens (tertiary/aromatic N) is 6. The Labute approximate surface area is 291 Å². The van der Waals surface area contributed by atoms with Crippen LogP contribution < -0.4 is 9.47 Å². The van der Waals surface area contributed by atoms with E-state index in [9.17, 15) is 16.8 Å². The van der Waals surface area contributed by atoms with Gasteiger partial charge in [0.25, 0.3) is 5.95 Å². The van der Waals surface area contributed by atoms with Crippen molar-refractivity contribution in [1.29, 1.82) is 0 Å². The van der Waals surface area contributed by atoms with Gasteiger partial charge >= 0.3 is 0 Å². The van der Waals surface area contributed by atoms with Gasteiger partial charge in [-0.05, 0) is 72.8 Å². The van der Waals surface area contributed by atoms with Crippen LogP contribution in [0.4, 0.5) is 0 Å². The van der Waals surface area contributed by atoms with Crippen LogP contribution in [0.25, 0.3) is 27.8 Å². The molecule has 0 saturated carbocycles. The van der Waals surface area contributed by atoms with Crippen LogP contribution >= 0.6 is 0 Å². The summed E-state index contributed by atoms with van der Waals surface area (Å²) in [5.41, 5.74) is 0.862. The lowest BCUT2D eigenvalue weighted by atomic mass is 10.1. The summed E-state index contributed by atoms with van der Waals surface area (Å²) in [5, 5.41) is 9.46. The lowest BCUT2D eigenvalue weighted by molar-refractivity contribution is 0.461. The van der Waals surface area contributed by atoms with Crippen molar-refractivity contribution in [3.8, 4) is 29.2 Å². The molecule has 51 heavy (non-hydrogen) atoms. The molecule has 0 aliphatic rings.